The summed E-state index contributed by atoms with van der Waals surface area (Å²) in [5.41, 5.74) is 0. The molecule has 0 saturated heterocycles. The van der Waals surface area contributed by atoms with Crippen molar-refractivity contribution in [2.75, 3.05) is 26.0 Å². The molecule has 96 valence electrons. The molecule has 0 aliphatic heterocycles. The SMILES string of the molecule is COc1ccc(S(=O)(=O)N(C)CCCBr)cc1. The minimum Gasteiger partial charge on any atom is -0.497 e. The first kappa shape index (κ1) is 14.5. The van der Waals surface area contributed by atoms with Crippen LogP contribution in [0.1, 0.15) is 6.42 Å². The predicted molar refractivity (Wildman–Crippen MR) is 71.2 cm³/mol. The third-order valence-corrected chi connectivity index (χ3v) is 4.81. The zero-order valence-electron chi connectivity index (χ0n) is 9.89. The van der Waals surface area contributed by atoms with Gasteiger partial charge in [0.1, 0.15) is 5.75 Å². The Bertz CT molecular complexity index is 444. The summed E-state index contributed by atoms with van der Waals surface area (Å²) in [6.07, 6.45) is 0.784. The second kappa shape index (κ2) is 6.37. The van der Waals surface area contributed by atoms with E-state index in [1.807, 2.05) is 0 Å². The van der Waals surface area contributed by atoms with Crippen molar-refractivity contribution < 1.29 is 13.2 Å². The summed E-state index contributed by atoms with van der Waals surface area (Å²) >= 11 is 3.28. The molecule has 0 unspecified atom stereocenters. The van der Waals surface area contributed by atoms with Crippen molar-refractivity contribution in [3.8, 4) is 5.75 Å². The molecule has 1 aromatic rings. The van der Waals surface area contributed by atoms with E-state index in [1.165, 1.54) is 4.31 Å². The molecule has 0 heterocycles. The third-order valence-electron chi connectivity index (χ3n) is 2.37. The van der Waals surface area contributed by atoms with Gasteiger partial charge in [-0.2, -0.15) is 0 Å². The quantitative estimate of drug-likeness (QED) is 0.754. The van der Waals surface area contributed by atoms with E-state index < -0.39 is 10.0 Å². The van der Waals surface area contributed by atoms with Gasteiger partial charge in [-0.15, -0.1) is 0 Å². The fourth-order valence-corrected chi connectivity index (χ4v) is 2.79. The van der Waals surface area contributed by atoms with Crippen molar-refractivity contribution in [1.29, 1.82) is 0 Å². The highest BCUT2D eigenvalue weighted by Crippen LogP contribution is 2.18. The Hall–Kier alpha value is -0.590. The lowest BCUT2D eigenvalue weighted by Crippen LogP contribution is -2.28. The molecule has 6 heteroatoms. The maximum Gasteiger partial charge on any atom is 0.242 e. The second-order valence-electron chi connectivity index (χ2n) is 3.54. The molecule has 17 heavy (non-hydrogen) atoms. The van der Waals surface area contributed by atoms with E-state index in [1.54, 1.807) is 38.4 Å². The molecular weight excluding hydrogens is 306 g/mol. The van der Waals surface area contributed by atoms with Crippen molar-refractivity contribution >= 4 is 26.0 Å². The van der Waals surface area contributed by atoms with E-state index in [9.17, 15) is 8.42 Å². The van der Waals surface area contributed by atoms with Crippen molar-refractivity contribution in [2.24, 2.45) is 0 Å². The Kier molecular flexibility index (Phi) is 5.42. The molecule has 4 nitrogen and oxygen atoms in total. The maximum atomic E-state index is 12.1. The number of hydrogen-bond acceptors (Lipinski definition) is 3. The van der Waals surface area contributed by atoms with Crippen molar-refractivity contribution in [2.45, 2.75) is 11.3 Å². The zero-order valence-corrected chi connectivity index (χ0v) is 12.3. The van der Waals surface area contributed by atoms with E-state index >= 15 is 0 Å². The van der Waals surface area contributed by atoms with E-state index in [-0.39, 0.29) is 4.90 Å². The number of rotatable bonds is 6. The van der Waals surface area contributed by atoms with Crippen LogP contribution in [0.15, 0.2) is 29.2 Å². The Morgan fingerprint density at radius 3 is 2.35 bits per heavy atom. The minimum absolute atomic E-state index is 0.287. The molecule has 0 aliphatic rings. The summed E-state index contributed by atoms with van der Waals surface area (Å²) in [5.74, 6) is 0.645. The Morgan fingerprint density at radius 1 is 1.29 bits per heavy atom. The lowest BCUT2D eigenvalue weighted by molar-refractivity contribution is 0.414. The molecule has 0 aromatic heterocycles. The predicted octanol–water partition coefficient (Wildman–Crippen LogP) is 2.10. The molecule has 0 radical (unpaired) electrons. The van der Waals surface area contributed by atoms with Crippen molar-refractivity contribution in [1.82, 2.24) is 4.31 Å². The number of ether oxygens (including phenoxy) is 1. The van der Waals surface area contributed by atoms with Gasteiger partial charge < -0.3 is 4.74 Å². The van der Waals surface area contributed by atoms with Crippen LogP contribution in [-0.2, 0) is 10.0 Å². The standard InChI is InChI=1S/C11H16BrNO3S/c1-13(9-3-8-12)17(14,15)11-6-4-10(16-2)5-7-11/h4-7H,3,8-9H2,1-2H3. The first-order chi connectivity index (χ1) is 8.02. The van der Waals surface area contributed by atoms with Gasteiger partial charge in [0.25, 0.3) is 0 Å². The van der Waals surface area contributed by atoms with Gasteiger partial charge in [0, 0.05) is 18.9 Å². The highest BCUT2D eigenvalue weighted by atomic mass is 79.9. The Labute approximate surface area is 111 Å². The van der Waals surface area contributed by atoms with Gasteiger partial charge in [-0.25, -0.2) is 12.7 Å². The average molecular weight is 322 g/mol. The largest absolute Gasteiger partial charge is 0.497 e. The molecule has 0 N–H and O–H groups in total. The van der Waals surface area contributed by atoms with E-state index in [2.05, 4.69) is 15.9 Å². The van der Waals surface area contributed by atoms with Gasteiger partial charge in [0.15, 0.2) is 0 Å². The third kappa shape index (κ3) is 3.69. The first-order valence-corrected chi connectivity index (χ1v) is 7.75. The van der Waals surface area contributed by atoms with Crippen LogP contribution in [0.3, 0.4) is 0 Å². The van der Waals surface area contributed by atoms with Gasteiger partial charge in [-0.05, 0) is 30.7 Å². The molecule has 0 bridgehead atoms. The minimum atomic E-state index is -3.38. The summed E-state index contributed by atoms with van der Waals surface area (Å²) in [6, 6.07) is 6.40. The van der Waals surface area contributed by atoms with Gasteiger partial charge in [0.2, 0.25) is 10.0 Å². The number of methoxy groups -OCH3 is 1. The lowest BCUT2D eigenvalue weighted by atomic mass is 10.3. The molecule has 1 aromatic carbocycles. The van der Waals surface area contributed by atoms with Crippen molar-refractivity contribution in [3.05, 3.63) is 24.3 Å². The van der Waals surface area contributed by atoms with E-state index in [4.69, 9.17) is 4.74 Å². The molecule has 1 rings (SSSR count). The molecule has 0 aliphatic carbocycles. The van der Waals surface area contributed by atoms with Crippen LogP contribution in [-0.4, -0.2) is 38.8 Å². The van der Waals surface area contributed by atoms with Crippen molar-refractivity contribution in [3.63, 3.8) is 0 Å². The smallest absolute Gasteiger partial charge is 0.242 e. The summed E-state index contributed by atoms with van der Waals surface area (Å²) in [7, 11) is -0.246. The van der Waals surface area contributed by atoms with Gasteiger partial charge in [-0.3, -0.25) is 0 Å². The number of sulfonamides is 1. The summed E-state index contributed by atoms with van der Waals surface area (Å²) in [6.45, 7) is 0.500. The molecular formula is C11H16BrNO3S. The summed E-state index contributed by atoms with van der Waals surface area (Å²) in [5, 5.41) is 0.787. The van der Waals surface area contributed by atoms with Crippen LogP contribution < -0.4 is 4.74 Å². The van der Waals surface area contributed by atoms with Crippen LogP contribution >= 0.6 is 15.9 Å². The first-order valence-electron chi connectivity index (χ1n) is 5.18. The summed E-state index contributed by atoms with van der Waals surface area (Å²) in [4.78, 5) is 0.287. The molecule has 0 atom stereocenters. The normalized spacial score (nSPS) is 11.8. The van der Waals surface area contributed by atoms with Crippen LogP contribution in [0, 0.1) is 0 Å². The van der Waals surface area contributed by atoms with Crippen LogP contribution in [0.5, 0.6) is 5.75 Å². The highest BCUT2D eigenvalue weighted by molar-refractivity contribution is 9.09. The van der Waals surface area contributed by atoms with Crippen LogP contribution in [0.2, 0.25) is 0 Å². The maximum absolute atomic E-state index is 12.1. The number of halogens is 1. The molecule has 0 amide bonds. The van der Waals surface area contributed by atoms with Gasteiger partial charge in [0.05, 0.1) is 12.0 Å². The number of alkyl halides is 1. The van der Waals surface area contributed by atoms with Gasteiger partial charge in [-0.1, -0.05) is 15.9 Å². The average Bonchev–Trinajstić information content (AvgIpc) is 2.35. The van der Waals surface area contributed by atoms with Crippen LogP contribution in [0.4, 0.5) is 0 Å². The molecule has 0 spiro atoms. The van der Waals surface area contributed by atoms with Gasteiger partial charge >= 0.3 is 0 Å². The fraction of sp³-hybridized carbons (Fsp3) is 0.455. The zero-order chi connectivity index (χ0) is 12.9. The number of nitrogens with zero attached hydrogens (tertiary/aromatic N) is 1. The summed E-state index contributed by atoms with van der Waals surface area (Å²) < 4.78 is 30.6. The monoisotopic (exact) mass is 321 g/mol. The van der Waals surface area contributed by atoms with E-state index in [0.717, 1.165) is 11.8 Å². The number of hydrogen-bond donors (Lipinski definition) is 0. The number of benzene rings is 1. The lowest BCUT2D eigenvalue weighted by Gasteiger charge is -2.16. The molecule has 0 fully saturated rings. The second-order valence-corrected chi connectivity index (χ2v) is 6.38. The van der Waals surface area contributed by atoms with E-state index in [0.29, 0.717) is 12.3 Å². The highest BCUT2D eigenvalue weighted by Gasteiger charge is 2.19. The molecule has 0 saturated carbocycles. The fourth-order valence-electron chi connectivity index (χ4n) is 1.33. The van der Waals surface area contributed by atoms with Crippen LogP contribution in [0.25, 0.3) is 0 Å². The Balaban J connectivity index is 2.88. The Morgan fingerprint density at radius 2 is 1.88 bits per heavy atom. The topological polar surface area (TPSA) is 46.6 Å².